The minimum absolute atomic E-state index is 0.131. The molecule has 0 aromatic carbocycles. The van der Waals surface area contributed by atoms with Crippen molar-refractivity contribution in [2.75, 3.05) is 0 Å². The summed E-state index contributed by atoms with van der Waals surface area (Å²) in [6.07, 6.45) is 1.66. The van der Waals surface area contributed by atoms with Gasteiger partial charge in [-0.25, -0.2) is 0 Å². The molecule has 1 rings (SSSR count). The summed E-state index contributed by atoms with van der Waals surface area (Å²) in [5.41, 5.74) is 0. The van der Waals surface area contributed by atoms with E-state index in [0.717, 1.165) is 0 Å². The Morgan fingerprint density at radius 1 is 1.80 bits per heavy atom. The molecule has 0 spiro atoms. The van der Waals surface area contributed by atoms with Crippen LogP contribution in [0.4, 0.5) is 0 Å². The fourth-order valence-corrected chi connectivity index (χ4v) is 0.408. The average Bonchev–Trinajstić information content (AvgIpc) is 2.43. The van der Waals surface area contributed by atoms with Crippen molar-refractivity contribution in [2.45, 2.75) is 6.92 Å². The van der Waals surface area contributed by atoms with Crippen molar-refractivity contribution < 1.29 is 4.79 Å². The number of nitrogens with zero attached hydrogens (tertiary/aromatic N) is 2. The predicted octanol–water partition coefficient (Wildman–Crippen LogP) is 0.505. The lowest BCUT2D eigenvalue weighted by atomic mass is 10.8. The van der Waals surface area contributed by atoms with Gasteiger partial charge in [0.1, 0.15) is 0 Å². The van der Waals surface area contributed by atoms with Crippen molar-refractivity contribution in [1.82, 2.24) is 14.3 Å². The number of amides is 1. The summed E-state index contributed by atoms with van der Waals surface area (Å²) in [5, 5.41) is 5.31. The first kappa shape index (κ1) is 9.38. The molecule has 0 radical (unpaired) electrons. The molecule has 10 heavy (non-hydrogen) atoms. The zero-order chi connectivity index (χ0) is 7.82. The minimum atomic E-state index is -0.131. The molecule has 1 heterocycles. The molecule has 1 amide bonds. The third kappa shape index (κ3) is 7.38. The zero-order valence-corrected chi connectivity index (χ0v) is 7.02. The average molecular weight is 177 g/mol. The normalized spacial score (nSPS) is 7.40. The van der Waals surface area contributed by atoms with E-state index in [9.17, 15) is 4.79 Å². The lowest BCUT2D eigenvalue weighted by molar-refractivity contribution is -0.117. The van der Waals surface area contributed by atoms with Gasteiger partial charge >= 0.3 is 0 Å². The molecule has 1 aromatic rings. The third-order valence-corrected chi connectivity index (χ3v) is 1.19. The first-order valence-corrected chi connectivity index (χ1v) is 3.67. The van der Waals surface area contributed by atoms with Crippen LogP contribution in [0.25, 0.3) is 0 Å². The number of aromatic nitrogens is 2. The Morgan fingerprint density at radius 2 is 2.40 bits per heavy atom. The van der Waals surface area contributed by atoms with Crippen molar-refractivity contribution in [3.8, 4) is 0 Å². The van der Waals surface area contributed by atoms with Crippen molar-refractivity contribution in [2.24, 2.45) is 0 Å². The van der Waals surface area contributed by atoms with Gasteiger partial charge in [0.15, 0.2) is 0 Å². The van der Waals surface area contributed by atoms with Crippen LogP contribution in [0, 0.1) is 0 Å². The highest BCUT2D eigenvalue weighted by atomic mass is 32.1. The Labute approximate surface area is 68.4 Å². The lowest BCUT2D eigenvalue weighted by Crippen LogP contribution is -2.04. The first-order chi connectivity index (χ1) is 4.77. The number of carbonyl (C=O) groups is 1. The Hall–Kier alpha value is -0.620. The molecule has 0 fully saturated rings. The number of hydrogen-bond acceptors (Lipinski definition) is 5. The fourth-order valence-electron chi connectivity index (χ4n) is 0.136. The van der Waals surface area contributed by atoms with Crippen molar-refractivity contribution in [1.29, 1.82) is 0 Å². The molecule has 56 valence electrons. The Kier molecular flexibility index (Phi) is 6.10. The van der Waals surface area contributed by atoms with Crippen LogP contribution in [-0.4, -0.2) is 15.5 Å². The fraction of sp³-hybridized carbons (Fsp3) is 0.250. The molecule has 1 N–H and O–H groups in total. The van der Waals surface area contributed by atoms with E-state index >= 15 is 0 Å². The number of rotatable bonds is 0. The molecular weight excluding hydrogens is 170 g/mol. The van der Waals surface area contributed by atoms with Gasteiger partial charge < -0.3 is 4.72 Å². The Bertz CT molecular complexity index is 148. The van der Waals surface area contributed by atoms with Crippen LogP contribution in [0.1, 0.15) is 6.92 Å². The van der Waals surface area contributed by atoms with Gasteiger partial charge in [0.2, 0.25) is 5.91 Å². The van der Waals surface area contributed by atoms with Crippen LogP contribution >= 0.6 is 24.3 Å². The van der Waals surface area contributed by atoms with Crippen molar-refractivity contribution in [3.63, 3.8) is 0 Å². The van der Waals surface area contributed by atoms with Gasteiger partial charge in [0.25, 0.3) is 0 Å². The van der Waals surface area contributed by atoms with E-state index in [1.165, 1.54) is 18.5 Å². The zero-order valence-electron chi connectivity index (χ0n) is 5.31. The SMILES string of the molecule is CC(=O)NS.c1csnn1. The van der Waals surface area contributed by atoms with Gasteiger partial charge in [0.05, 0.1) is 6.20 Å². The van der Waals surface area contributed by atoms with Crippen LogP contribution in [0.15, 0.2) is 11.6 Å². The molecule has 6 heteroatoms. The first-order valence-electron chi connectivity index (χ1n) is 2.39. The second kappa shape index (κ2) is 6.50. The maximum atomic E-state index is 9.62. The number of carbonyl (C=O) groups excluding carboxylic acids is 1. The van der Waals surface area contributed by atoms with E-state index in [0.29, 0.717) is 0 Å². The summed E-state index contributed by atoms with van der Waals surface area (Å²) in [6.45, 7) is 1.40. The van der Waals surface area contributed by atoms with Crippen LogP contribution in [0.3, 0.4) is 0 Å². The molecule has 0 aliphatic carbocycles. The molecule has 4 nitrogen and oxygen atoms in total. The molecule has 1 aromatic heterocycles. The summed E-state index contributed by atoms with van der Waals surface area (Å²) in [6, 6.07) is 0. The highest BCUT2D eigenvalue weighted by Gasteiger charge is 1.73. The van der Waals surface area contributed by atoms with Crippen LogP contribution in [0.5, 0.6) is 0 Å². The monoisotopic (exact) mass is 177 g/mol. The van der Waals surface area contributed by atoms with Crippen molar-refractivity contribution >= 4 is 30.3 Å². The standard InChI is InChI=1S/C2H2N2S.C2H5NOS/c1-2-5-4-3-1;1-2(4)3-5/h1-2H;5H,1H3,(H,3,4). The molecule has 0 bridgehead atoms. The van der Waals surface area contributed by atoms with Gasteiger partial charge in [-0.05, 0) is 11.5 Å². The second-order valence-electron chi connectivity index (χ2n) is 1.26. The highest BCUT2D eigenvalue weighted by Crippen LogP contribution is 1.78. The Balaban J connectivity index is 0.000000162. The number of nitrogens with one attached hydrogen (secondary N) is 1. The van der Waals surface area contributed by atoms with Gasteiger partial charge in [-0.3, -0.25) is 4.79 Å². The third-order valence-electron chi connectivity index (χ3n) is 0.440. The quantitative estimate of drug-likeness (QED) is 0.568. The Morgan fingerprint density at radius 3 is 2.50 bits per heavy atom. The summed E-state index contributed by atoms with van der Waals surface area (Å²) >= 11 is 4.77. The number of thiol groups is 1. The van der Waals surface area contributed by atoms with Gasteiger partial charge in [-0.2, -0.15) is 0 Å². The number of hydrogen-bond donors (Lipinski definition) is 2. The second-order valence-corrected chi connectivity index (χ2v) is 2.13. The van der Waals surface area contributed by atoms with Crippen molar-refractivity contribution in [3.05, 3.63) is 11.6 Å². The smallest absolute Gasteiger partial charge is 0.226 e. The van der Waals surface area contributed by atoms with Crippen LogP contribution < -0.4 is 4.72 Å². The van der Waals surface area contributed by atoms with E-state index in [1.807, 2.05) is 5.38 Å². The van der Waals surface area contributed by atoms with Gasteiger partial charge in [-0.1, -0.05) is 17.3 Å². The predicted molar refractivity (Wildman–Crippen MR) is 42.7 cm³/mol. The minimum Gasteiger partial charge on any atom is -0.303 e. The lowest BCUT2D eigenvalue weighted by Gasteiger charge is -1.78. The maximum Gasteiger partial charge on any atom is 0.226 e. The molecule has 0 unspecified atom stereocenters. The van der Waals surface area contributed by atoms with E-state index in [1.54, 1.807) is 6.20 Å². The van der Waals surface area contributed by atoms with E-state index in [-0.39, 0.29) is 5.91 Å². The summed E-state index contributed by atoms with van der Waals surface area (Å²) in [5.74, 6) is -0.131. The van der Waals surface area contributed by atoms with E-state index in [2.05, 4.69) is 27.1 Å². The van der Waals surface area contributed by atoms with Gasteiger partial charge in [0, 0.05) is 12.3 Å². The van der Waals surface area contributed by atoms with Gasteiger partial charge in [-0.15, -0.1) is 5.10 Å². The van der Waals surface area contributed by atoms with Crippen LogP contribution in [-0.2, 0) is 4.79 Å². The topological polar surface area (TPSA) is 54.9 Å². The molecule has 0 aliphatic rings. The molecule has 0 saturated carbocycles. The molecular formula is C4H7N3OS2. The largest absolute Gasteiger partial charge is 0.303 e. The van der Waals surface area contributed by atoms with Crippen LogP contribution in [0.2, 0.25) is 0 Å². The summed E-state index contributed by atoms with van der Waals surface area (Å²) in [4.78, 5) is 9.62. The highest BCUT2D eigenvalue weighted by molar-refractivity contribution is 7.78. The summed E-state index contributed by atoms with van der Waals surface area (Å²) < 4.78 is 5.60. The maximum absolute atomic E-state index is 9.62. The summed E-state index contributed by atoms with van der Waals surface area (Å²) in [7, 11) is 0. The van der Waals surface area contributed by atoms with E-state index < -0.39 is 0 Å². The molecule has 0 atom stereocenters. The molecule has 0 aliphatic heterocycles. The van der Waals surface area contributed by atoms with E-state index in [4.69, 9.17) is 0 Å². The molecule has 0 saturated heterocycles.